The van der Waals surface area contributed by atoms with E-state index in [-0.39, 0.29) is 5.92 Å². The number of aliphatic hydroxyl groups excluding tert-OH is 1. The van der Waals surface area contributed by atoms with Crippen LogP contribution < -0.4 is 21.7 Å². The Morgan fingerprint density at radius 3 is 1.96 bits per heavy atom. The third-order valence-corrected chi connectivity index (χ3v) is 3.69. The van der Waals surface area contributed by atoms with E-state index in [1.165, 1.54) is 13.8 Å². The van der Waals surface area contributed by atoms with Gasteiger partial charge in [0.1, 0.15) is 12.1 Å². The molecule has 0 bridgehead atoms. The number of aliphatic carboxylic acids is 1. The first-order valence-corrected chi connectivity index (χ1v) is 8.05. The molecule has 0 spiro atoms. The number of carbonyl (C=O) groups excluding carboxylic acids is 3. The standard InChI is InChI=1S/C15H28N4O6/c1-5-7(2)11(15(24)25)18-10(21)6-17-14(23)12(9(4)20)19-13(22)8(3)16/h7-9,11-12,20H,5-6,16H2,1-4H3,(H,17,23)(H,18,21)(H,19,22)(H,24,25). The average molecular weight is 360 g/mol. The van der Waals surface area contributed by atoms with Gasteiger partial charge in [-0.05, 0) is 19.8 Å². The quantitative estimate of drug-likeness (QED) is 0.260. The molecule has 144 valence electrons. The van der Waals surface area contributed by atoms with Crippen LogP contribution in [0, 0.1) is 5.92 Å². The van der Waals surface area contributed by atoms with E-state index >= 15 is 0 Å². The van der Waals surface area contributed by atoms with Crippen molar-refractivity contribution in [3.05, 3.63) is 0 Å². The molecule has 0 aromatic carbocycles. The van der Waals surface area contributed by atoms with E-state index in [4.69, 9.17) is 10.8 Å². The first kappa shape index (κ1) is 22.8. The number of amides is 3. The van der Waals surface area contributed by atoms with E-state index in [1.54, 1.807) is 13.8 Å². The Morgan fingerprint density at radius 1 is 1.00 bits per heavy atom. The molecule has 7 N–H and O–H groups in total. The number of carboxylic acids is 1. The van der Waals surface area contributed by atoms with Crippen molar-refractivity contribution in [1.82, 2.24) is 16.0 Å². The second-order valence-corrected chi connectivity index (χ2v) is 6.00. The van der Waals surface area contributed by atoms with Gasteiger partial charge < -0.3 is 31.9 Å². The molecule has 0 saturated carbocycles. The van der Waals surface area contributed by atoms with Gasteiger partial charge in [0.25, 0.3) is 0 Å². The number of hydrogen-bond donors (Lipinski definition) is 6. The van der Waals surface area contributed by atoms with E-state index in [0.29, 0.717) is 6.42 Å². The molecule has 10 nitrogen and oxygen atoms in total. The minimum atomic E-state index is -1.28. The SMILES string of the molecule is CCC(C)C(NC(=O)CNC(=O)C(NC(=O)C(C)N)C(C)O)C(=O)O. The minimum Gasteiger partial charge on any atom is -0.480 e. The van der Waals surface area contributed by atoms with E-state index in [9.17, 15) is 24.3 Å². The third-order valence-electron chi connectivity index (χ3n) is 3.69. The van der Waals surface area contributed by atoms with Crippen molar-refractivity contribution in [2.75, 3.05) is 6.54 Å². The predicted octanol–water partition coefficient (Wildman–Crippen LogP) is -2.07. The minimum absolute atomic E-state index is 0.285. The van der Waals surface area contributed by atoms with Crippen LogP contribution in [-0.2, 0) is 19.2 Å². The fraction of sp³-hybridized carbons (Fsp3) is 0.733. The van der Waals surface area contributed by atoms with Gasteiger partial charge in [0.15, 0.2) is 0 Å². The van der Waals surface area contributed by atoms with Crippen LogP contribution in [0.25, 0.3) is 0 Å². The van der Waals surface area contributed by atoms with Gasteiger partial charge in [-0.2, -0.15) is 0 Å². The van der Waals surface area contributed by atoms with Crippen molar-refractivity contribution in [3.63, 3.8) is 0 Å². The highest BCUT2D eigenvalue weighted by atomic mass is 16.4. The van der Waals surface area contributed by atoms with Crippen molar-refractivity contribution >= 4 is 23.7 Å². The van der Waals surface area contributed by atoms with Crippen LogP contribution >= 0.6 is 0 Å². The first-order chi connectivity index (χ1) is 11.5. The molecule has 0 aromatic rings. The van der Waals surface area contributed by atoms with Crippen LogP contribution in [0.1, 0.15) is 34.1 Å². The summed E-state index contributed by atoms with van der Waals surface area (Å²) >= 11 is 0. The van der Waals surface area contributed by atoms with Crippen LogP contribution in [-0.4, -0.2) is 64.7 Å². The number of carboxylic acid groups (broad SMARTS) is 1. The summed E-state index contributed by atoms with van der Waals surface area (Å²) in [5.74, 6) is -3.56. The van der Waals surface area contributed by atoms with E-state index in [2.05, 4.69) is 16.0 Å². The maximum Gasteiger partial charge on any atom is 0.326 e. The molecule has 10 heteroatoms. The van der Waals surface area contributed by atoms with E-state index in [0.717, 1.165) is 0 Å². The van der Waals surface area contributed by atoms with Gasteiger partial charge in [-0.1, -0.05) is 20.3 Å². The summed E-state index contributed by atoms with van der Waals surface area (Å²) < 4.78 is 0. The molecule has 0 aliphatic carbocycles. The molecule has 3 amide bonds. The van der Waals surface area contributed by atoms with Crippen LogP contribution in [0.15, 0.2) is 0 Å². The fourth-order valence-electron chi connectivity index (χ4n) is 1.87. The molecule has 25 heavy (non-hydrogen) atoms. The van der Waals surface area contributed by atoms with Crippen LogP contribution in [0.3, 0.4) is 0 Å². The summed E-state index contributed by atoms with van der Waals surface area (Å²) in [5, 5.41) is 25.6. The number of carbonyl (C=O) groups is 4. The monoisotopic (exact) mass is 360 g/mol. The molecular weight excluding hydrogens is 332 g/mol. The summed E-state index contributed by atoms with van der Waals surface area (Å²) in [6.45, 7) is 5.71. The van der Waals surface area contributed by atoms with E-state index < -0.39 is 54.5 Å². The molecule has 5 atom stereocenters. The summed E-state index contributed by atoms with van der Waals surface area (Å²) in [6.07, 6.45) is -0.658. The Kier molecular flexibility index (Phi) is 9.69. The van der Waals surface area contributed by atoms with Crippen LogP contribution in [0.5, 0.6) is 0 Å². The molecule has 5 unspecified atom stereocenters. The normalized spacial score (nSPS) is 16.7. The maximum absolute atomic E-state index is 12.0. The van der Waals surface area contributed by atoms with Crippen molar-refractivity contribution in [2.24, 2.45) is 11.7 Å². The van der Waals surface area contributed by atoms with Gasteiger partial charge in [-0.3, -0.25) is 14.4 Å². The molecule has 0 heterocycles. The Bertz CT molecular complexity index is 494. The highest BCUT2D eigenvalue weighted by Gasteiger charge is 2.28. The van der Waals surface area contributed by atoms with Crippen molar-refractivity contribution in [3.8, 4) is 0 Å². The van der Waals surface area contributed by atoms with Gasteiger partial charge in [-0.15, -0.1) is 0 Å². The second-order valence-electron chi connectivity index (χ2n) is 6.00. The summed E-state index contributed by atoms with van der Waals surface area (Å²) in [7, 11) is 0. The summed E-state index contributed by atoms with van der Waals surface area (Å²) in [5.41, 5.74) is 5.39. The number of nitrogens with one attached hydrogen (secondary N) is 3. The van der Waals surface area contributed by atoms with Crippen molar-refractivity contribution in [2.45, 2.75) is 58.3 Å². The zero-order valence-corrected chi connectivity index (χ0v) is 14.9. The molecule has 0 saturated heterocycles. The van der Waals surface area contributed by atoms with Gasteiger partial charge >= 0.3 is 5.97 Å². The van der Waals surface area contributed by atoms with Gasteiger partial charge in [0.2, 0.25) is 17.7 Å². The maximum atomic E-state index is 12.0. The second kappa shape index (κ2) is 10.6. The lowest BCUT2D eigenvalue weighted by atomic mass is 9.99. The molecule has 0 rings (SSSR count). The summed E-state index contributed by atoms with van der Waals surface area (Å²) in [6, 6.07) is -3.22. The van der Waals surface area contributed by atoms with Gasteiger partial charge in [-0.25, -0.2) is 4.79 Å². The largest absolute Gasteiger partial charge is 0.480 e. The van der Waals surface area contributed by atoms with Gasteiger partial charge in [0.05, 0.1) is 18.7 Å². The molecule has 0 radical (unpaired) electrons. The molecular formula is C15H28N4O6. The number of rotatable bonds is 10. The van der Waals surface area contributed by atoms with Gasteiger partial charge in [0, 0.05) is 0 Å². The van der Waals surface area contributed by atoms with E-state index in [1.807, 2.05) is 0 Å². The summed E-state index contributed by atoms with van der Waals surface area (Å²) in [4.78, 5) is 46.6. The number of nitrogens with two attached hydrogens (primary N) is 1. The molecule has 0 fully saturated rings. The zero-order chi connectivity index (χ0) is 19.7. The molecule has 0 aliphatic rings. The fourth-order valence-corrected chi connectivity index (χ4v) is 1.87. The Labute approximate surface area is 146 Å². The number of hydrogen-bond acceptors (Lipinski definition) is 6. The van der Waals surface area contributed by atoms with Crippen molar-refractivity contribution in [1.29, 1.82) is 0 Å². The van der Waals surface area contributed by atoms with Crippen LogP contribution in [0.4, 0.5) is 0 Å². The lowest BCUT2D eigenvalue weighted by molar-refractivity contribution is -0.143. The average Bonchev–Trinajstić information content (AvgIpc) is 2.53. The lowest BCUT2D eigenvalue weighted by Gasteiger charge is -2.23. The topological polar surface area (TPSA) is 171 Å². The highest BCUT2D eigenvalue weighted by Crippen LogP contribution is 2.07. The molecule has 0 aromatic heterocycles. The predicted molar refractivity (Wildman–Crippen MR) is 89.3 cm³/mol. The van der Waals surface area contributed by atoms with Crippen LogP contribution in [0.2, 0.25) is 0 Å². The molecule has 0 aliphatic heterocycles. The lowest BCUT2D eigenvalue weighted by Crippen LogP contribution is -2.57. The number of aliphatic hydroxyl groups is 1. The van der Waals surface area contributed by atoms with Crippen molar-refractivity contribution < 1.29 is 29.4 Å². The first-order valence-electron chi connectivity index (χ1n) is 8.05. The Balaban J connectivity index is 4.70. The zero-order valence-electron chi connectivity index (χ0n) is 14.9. The smallest absolute Gasteiger partial charge is 0.326 e. The third kappa shape index (κ3) is 7.94. The highest BCUT2D eigenvalue weighted by molar-refractivity contribution is 5.92. The Hall–Kier alpha value is -2.20. The Morgan fingerprint density at radius 2 is 1.56 bits per heavy atom.